The molecule has 0 saturated heterocycles. The minimum absolute atomic E-state index is 0.0695. The second-order valence-corrected chi connectivity index (χ2v) is 6.30. The summed E-state index contributed by atoms with van der Waals surface area (Å²) in [5.41, 5.74) is 1.55. The summed E-state index contributed by atoms with van der Waals surface area (Å²) in [6.45, 7) is 3.10. The Morgan fingerprint density at radius 2 is 1.60 bits per heavy atom. The van der Waals surface area contributed by atoms with Crippen molar-refractivity contribution in [3.8, 4) is 5.75 Å². The van der Waals surface area contributed by atoms with Crippen molar-refractivity contribution >= 4 is 52.1 Å². The molecular weight excluding hydrogens is 391 g/mol. The summed E-state index contributed by atoms with van der Waals surface area (Å²) in [5, 5.41) is 14.1. The lowest BCUT2D eigenvalue weighted by Crippen LogP contribution is -2.20. The Hall–Kier alpha value is -2.02. The van der Waals surface area contributed by atoms with Gasteiger partial charge in [-0.15, -0.1) is 0 Å². The maximum absolute atomic E-state index is 12.0. The Morgan fingerprint density at radius 1 is 1.08 bits per heavy atom. The zero-order valence-electron chi connectivity index (χ0n) is 13.2. The minimum Gasteiger partial charge on any atom is -0.481 e. The molecule has 0 saturated carbocycles. The van der Waals surface area contributed by atoms with Crippen molar-refractivity contribution in [2.75, 3.05) is 11.9 Å². The number of non-ortho nitro benzene ring substituents is 1. The van der Waals surface area contributed by atoms with Gasteiger partial charge in [-0.25, -0.2) is 0 Å². The fraction of sp³-hybridized carbons (Fsp3) is 0.188. The third kappa shape index (κ3) is 4.34. The van der Waals surface area contributed by atoms with Crippen LogP contribution in [-0.4, -0.2) is 17.4 Å². The number of nitrogens with one attached hydrogen (secondary N) is 1. The molecule has 0 aliphatic rings. The van der Waals surface area contributed by atoms with Crippen LogP contribution >= 0.6 is 34.8 Å². The van der Waals surface area contributed by atoms with Crippen LogP contribution in [0.3, 0.4) is 0 Å². The zero-order chi connectivity index (χ0) is 18.7. The van der Waals surface area contributed by atoms with Gasteiger partial charge < -0.3 is 10.1 Å². The van der Waals surface area contributed by atoms with Gasteiger partial charge in [-0.2, -0.15) is 0 Å². The number of carbonyl (C=O) groups excluding carboxylic acids is 1. The number of carbonyl (C=O) groups is 1. The van der Waals surface area contributed by atoms with E-state index in [1.54, 1.807) is 13.8 Å². The monoisotopic (exact) mass is 402 g/mol. The molecule has 0 unspecified atom stereocenters. The van der Waals surface area contributed by atoms with Crippen molar-refractivity contribution in [3.63, 3.8) is 0 Å². The molecule has 6 nitrogen and oxygen atoms in total. The minimum atomic E-state index is -0.524. The lowest BCUT2D eigenvalue weighted by atomic mass is 10.1. The lowest BCUT2D eigenvalue weighted by molar-refractivity contribution is -0.384. The predicted molar refractivity (Wildman–Crippen MR) is 98.2 cm³/mol. The number of ether oxygens (including phenoxy) is 1. The largest absolute Gasteiger partial charge is 0.481 e. The number of nitro groups is 1. The molecule has 0 fully saturated rings. The number of hydrogen-bond donors (Lipinski definition) is 1. The van der Waals surface area contributed by atoms with Gasteiger partial charge in [0.15, 0.2) is 12.4 Å². The number of benzene rings is 2. The Bertz CT molecular complexity index is 809. The van der Waals surface area contributed by atoms with Gasteiger partial charge in [-0.1, -0.05) is 34.8 Å². The van der Waals surface area contributed by atoms with Gasteiger partial charge in [0.05, 0.1) is 15.0 Å². The number of hydrogen-bond acceptors (Lipinski definition) is 4. The quantitative estimate of drug-likeness (QED) is 0.550. The van der Waals surface area contributed by atoms with E-state index in [0.29, 0.717) is 21.8 Å². The van der Waals surface area contributed by atoms with Gasteiger partial charge in [0.2, 0.25) is 0 Å². The van der Waals surface area contributed by atoms with Gasteiger partial charge in [0.1, 0.15) is 0 Å². The maximum Gasteiger partial charge on any atom is 0.269 e. The number of halogens is 3. The molecule has 25 heavy (non-hydrogen) atoms. The first kappa shape index (κ1) is 19.3. The highest BCUT2D eigenvalue weighted by molar-refractivity contribution is 6.42. The Kier molecular flexibility index (Phi) is 6.11. The summed E-state index contributed by atoms with van der Waals surface area (Å²) in [6, 6.07) is 5.42. The van der Waals surface area contributed by atoms with E-state index < -0.39 is 10.8 Å². The molecule has 0 spiro atoms. The number of nitro benzene ring substituents is 1. The summed E-state index contributed by atoms with van der Waals surface area (Å²) in [7, 11) is 0. The van der Waals surface area contributed by atoms with Crippen LogP contribution in [0.5, 0.6) is 5.75 Å². The molecule has 0 radical (unpaired) electrons. The van der Waals surface area contributed by atoms with Crippen molar-refractivity contribution in [2.24, 2.45) is 0 Å². The molecule has 2 aromatic carbocycles. The van der Waals surface area contributed by atoms with Crippen molar-refractivity contribution in [3.05, 3.63) is 60.6 Å². The highest BCUT2D eigenvalue weighted by Gasteiger charge is 2.18. The van der Waals surface area contributed by atoms with E-state index in [2.05, 4.69) is 5.32 Å². The second-order valence-electron chi connectivity index (χ2n) is 5.16. The number of nitrogens with zero attached hydrogens (tertiary/aromatic N) is 1. The van der Waals surface area contributed by atoms with Crippen LogP contribution in [-0.2, 0) is 4.79 Å². The van der Waals surface area contributed by atoms with Gasteiger partial charge >= 0.3 is 0 Å². The molecule has 0 atom stereocenters. The van der Waals surface area contributed by atoms with Gasteiger partial charge in [-0.05, 0) is 37.1 Å². The average molecular weight is 404 g/mol. The molecule has 2 rings (SSSR count). The normalized spacial score (nSPS) is 10.4. The molecule has 1 N–H and O–H groups in total. The Morgan fingerprint density at radius 3 is 2.08 bits per heavy atom. The van der Waals surface area contributed by atoms with E-state index in [0.717, 1.165) is 0 Å². The average Bonchev–Trinajstić information content (AvgIpc) is 2.58. The maximum atomic E-state index is 12.0. The number of rotatable bonds is 5. The molecule has 0 heterocycles. The molecule has 9 heteroatoms. The molecule has 0 aliphatic heterocycles. The van der Waals surface area contributed by atoms with Crippen LogP contribution in [0.25, 0.3) is 0 Å². The Labute approximate surface area is 158 Å². The van der Waals surface area contributed by atoms with Crippen LogP contribution in [0.4, 0.5) is 11.4 Å². The van der Waals surface area contributed by atoms with Crippen LogP contribution in [0.2, 0.25) is 15.1 Å². The zero-order valence-corrected chi connectivity index (χ0v) is 15.5. The third-order valence-corrected chi connectivity index (χ3v) is 4.90. The van der Waals surface area contributed by atoms with E-state index >= 15 is 0 Å². The summed E-state index contributed by atoms with van der Waals surface area (Å²) in [4.78, 5) is 22.1. The summed E-state index contributed by atoms with van der Waals surface area (Å²) in [5.74, 6) is -0.284. The molecule has 0 aliphatic carbocycles. The SMILES string of the molecule is Cc1c(Cl)c(C)c(Cl)c(OCC(=O)Nc2ccc([N+](=O)[O-])cc2)c1Cl. The van der Waals surface area contributed by atoms with Crippen LogP contribution < -0.4 is 10.1 Å². The number of anilines is 1. The summed E-state index contributed by atoms with van der Waals surface area (Å²) >= 11 is 18.5. The molecular formula is C16H13Cl3N2O4. The fourth-order valence-corrected chi connectivity index (χ4v) is 2.86. The highest BCUT2D eigenvalue weighted by Crippen LogP contribution is 2.42. The Balaban J connectivity index is 2.07. The van der Waals surface area contributed by atoms with E-state index in [1.165, 1.54) is 24.3 Å². The molecule has 0 bridgehead atoms. The van der Waals surface area contributed by atoms with Crippen molar-refractivity contribution in [1.29, 1.82) is 0 Å². The topological polar surface area (TPSA) is 81.5 Å². The summed E-state index contributed by atoms with van der Waals surface area (Å²) < 4.78 is 5.44. The van der Waals surface area contributed by atoms with Crippen molar-refractivity contribution < 1.29 is 14.5 Å². The second kappa shape index (κ2) is 7.91. The summed E-state index contributed by atoms with van der Waals surface area (Å²) in [6.07, 6.45) is 0. The lowest BCUT2D eigenvalue weighted by Gasteiger charge is -2.15. The van der Waals surface area contributed by atoms with Crippen LogP contribution in [0.1, 0.15) is 11.1 Å². The van der Waals surface area contributed by atoms with Crippen molar-refractivity contribution in [1.82, 2.24) is 0 Å². The van der Waals surface area contributed by atoms with E-state index in [4.69, 9.17) is 39.5 Å². The van der Waals surface area contributed by atoms with E-state index in [9.17, 15) is 14.9 Å². The first-order valence-corrected chi connectivity index (χ1v) is 8.16. The molecule has 2 aromatic rings. The van der Waals surface area contributed by atoms with Crippen LogP contribution in [0.15, 0.2) is 24.3 Å². The van der Waals surface area contributed by atoms with Crippen LogP contribution in [0, 0.1) is 24.0 Å². The first-order valence-electron chi connectivity index (χ1n) is 7.03. The standard InChI is InChI=1S/C16H13Cl3N2O4/c1-8-13(17)9(2)15(19)16(14(8)18)25-7-12(22)20-10-3-5-11(6-4-10)21(23)24/h3-6H,7H2,1-2H3,(H,20,22). The predicted octanol–water partition coefficient (Wildman–Crippen LogP) is 5.19. The fourth-order valence-electron chi connectivity index (χ4n) is 2.04. The molecule has 132 valence electrons. The van der Waals surface area contributed by atoms with Gasteiger partial charge in [0, 0.05) is 22.8 Å². The highest BCUT2D eigenvalue weighted by atomic mass is 35.5. The van der Waals surface area contributed by atoms with E-state index in [1.807, 2.05) is 0 Å². The number of amides is 1. The van der Waals surface area contributed by atoms with E-state index in [-0.39, 0.29) is 28.1 Å². The van der Waals surface area contributed by atoms with Gasteiger partial charge in [-0.3, -0.25) is 14.9 Å². The smallest absolute Gasteiger partial charge is 0.269 e. The molecule has 1 amide bonds. The third-order valence-electron chi connectivity index (χ3n) is 3.43. The first-order chi connectivity index (χ1) is 11.7. The van der Waals surface area contributed by atoms with Crippen molar-refractivity contribution in [2.45, 2.75) is 13.8 Å². The van der Waals surface area contributed by atoms with Gasteiger partial charge in [0.25, 0.3) is 11.6 Å². The molecule has 0 aromatic heterocycles.